The Morgan fingerprint density at radius 3 is 2.74 bits per heavy atom. The van der Waals surface area contributed by atoms with Crippen LogP contribution in [-0.4, -0.2) is 74.9 Å². The number of aromatic nitrogens is 3. The molecule has 1 aliphatic heterocycles. The summed E-state index contributed by atoms with van der Waals surface area (Å²) in [4.78, 5) is 28.3. The molecular weight excluding hydrogens is 528 g/mol. The Kier molecular flexibility index (Phi) is 7.81. The first kappa shape index (κ1) is 26.6. The molecule has 1 aromatic carbocycles. The van der Waals surface area contributed by atoms with E-state index in [-0.39, 0.29) is 30.6 Å². The zero-order valence-corrected chi connectivity index (χ0v) is 22.2. The molecule has 3 heterocycles. The van der Waals surface area contributed by atoms with Gasteiger partial charge in [-0.05, 0) is 56.2 Å². The van der Waals surface area contributed by atoms with Crippen molar-refractivity contribution in [1.29, 1.82) is 0 Å². The van der Waals surface area contributed by atoms with E-state index in [9.17, 15) is 18.7 Å². The third-order valence-electron chi connectivity index (χ3n) is 7.97. The molecule has 3 fully saturated rings. The van der Waals surface area contributed by atoms with Crippen molar-refractivity contribution in [2.24, 2.45) is 5.92 Å². The van der Waals surface area contributed by atoms with Crippen LogP contribution in [0, 0.1) is 5.92 Å². The number of nitrogens with one attached hydrogen (secondary N) is 1. The Morgan fingerprint density at radius 1 is 1.18 bits per heavy atom. The number of carbonyl (C=O) groups excluding carboxylic acids is 1. The largest absolute Gasteiger partial charge is 0.390 e. The van der Waals surface area contributed by atoms with E-state index in [0.717, 1.165) is 47.2 Å². The molecule has 0 unspecified atom stereocenters. The number of alkyl halides is 2. The molecule has 2 aromatic heterocycles. The fourth-order valence-electron chi connectivity index (χ4n) is 5.67. The molecule has 6 rings (SSSR count). The van der Waals surface area contributed by atoms with Crippen LogP contribution in [0.2, 0.25) is 0 Å². The van der Waals surface area contributed by atoms with Gasteiger partial charge in [0.15, 0.2) is 11.0 Å². The Hall–Kier alpha value is -2.64. The van der Waals surface area contributed by atoms with Crippen LogP contribution in [0.5, 0.6) is 0 Å². The summed E-state index contributed by atoms with van der Waals surface area (Å²) in [6.45, 7) is -1.25. The van der Waals surface area contributed by atoms with E-state index < -0.39 is 18.8 Å². The first-order valence-electron chi connectivity index (χ1n) is 13.4. The number of benzene rings is 1. The van der Waals surface area contributed by atoms with Crippen molar-refractivity contribution in [2.75, 3.05) is 18.4 Å². The van der Waals surface area contributed by atoms with Gasteiger partial charge in [0.1, 0.15) is 6.61 Å². The van der Waals surface area contributed by atoms with Gasteiger partial charge < -0.3 is 19.9 Å². The predicted octanol–water partition coefficient (Wildman–Crippen LogP) is 4.21. The number of halogens is 2. The van der Waals surface area contributed by atoms with E-state index in [1.54, 1.807) is 12.4 Å². The number of hydrogen-bond acceptors (Lipinski definition) is 9. The number of rotatable bonds is 9. The van der Waals surface area contributed by atoms with E-state index in [2.05, 4.69) is 29.9 Å². The lowest BCUT2D eigenvalue weighted by atomic mass is 9.79. The smallest absolute Gasteiger partial charge is 0.345 e. The standard InChI is InChI=1S/C27H31F2N5O4S/c28-26(29)38-19-6-7-34(13-19)18-8-16(9-18)25(36)33-27-32-20-5-4-15(10-23(20)39-27)17-11-30-24(31-12-17)14-37-22-3-1-2-21(22)35/h4-5,10-12,16,18-19,21-22,26,35H,1-3,6-9,13-14H2,(H,32,33,36)/t16?,18?,19-,21-,22-/m0/s1. The highest BCUT2D eigenvalue weighted by Gasteiger charge is 2.41. The number of amides is 1. The summed E-state index contributed by atoms with van der Waals surface area (Å²) in [6, 6.07) is 6.12. The lowest BCUT2D eigenvalue weighted by molar-refractivity contribution is -0.159. The Bertz CT molecular complexity index is 1300. The quantitative estimate of drug-likeness (QED) is 0.401. The lowest BCUT2D eigenvalue weighted by Crippen LogP contribution is -2.47. The molecule has 39 heavy (non-hydrogen) atoms. The summed E-state index contributed by atoms with van der Waals surface area (Å²) in [6.07, 6.45) is 7.18. The maximum Gasteiger partial charge on any atom is 0.345 e. The summed E-state index contributed by atoms with van der Waals surface area (Å²) in [5.41, 5.74) is 2.61. The van der Waals surface area contributed by atoms with Crippen LogP contribution >= 0.6 is 11.3 Å². The normalized spacial score (nSPS) is 27.3. The zero-order chi connectivity index (χ0) is 26.9. The molecule has 208 valence electrons. The Balaban J connectivity index is 1.02. The first-order valence-corrected chi connectivity index (χ1v) is 14.2. The Labute approximate surface area is 228 Å². The molecule has 1 amide bonds. The Morgan fingerprint density at radius 2 is 2.00 bits per heavy atom. The summed E-state index contributed by atoms with van der Waals surface area (Å²) >= 11 is 1.42. The van der Waals surface area contributed by atoms with Gasteiger partial charge in [0.05, 0.1) is 28.5 Å². The van der Waals surface area contributed by atoms with Gasteiger partial charge in [-0.3, -0.25) is 9.69 Å². The van der Waals surface area contributed by atoms with Crippen LogP contribution in [0.4, 0.5) is 13.9 Å². The SMILES string of the molecule is O=C(Nc1nc2ccc(-c3cnc(CO[C@H]4CCC[C@@H]4O)nc3)cc2s1)C1CC(N2CC[C@H](OC(F)F)C2)C1. The summed E-state index contributed by atoms with van der Waals surface area (Å²) in [5, 5.41) is 13.4. The van der Waals surface area contributed by atoms with Gasteiger partial charge in [-0.25, -0.2) is 15.0 Å². The molecule has 9 nitrogen and oxygen atoms in total. The average molecular weight is 560 g/mol. The molecule has 1 saturated heterocycles. The van der Waals surface area contributed by atoms with E-state index in [4.69, 9.17) is 4.74 Å². The molecule has 3 atom stereocenters. The molecule has 3 aliphatic rings. The minimum absolute atomic E-state index is 0.0542. The van der Waals surface area contributed by atoms with Crippen molar-refractivity contribution in [3.05, 3.63) is 36.4 Å². The average Bonchev–Trinajstić information content (AvgIpc) is 3.61. The van der Waals surface area contributed by atoms with Crippen molar-refractivity contribution in [2.45, 2.75) is 76.1 Å². The predicted molar refractivity (Wildman–Crippen MR) is 141 cm³/mol. The molecule has 2 aliphatic carbocycles. The van der Waals surface area contributed by atoms with Crippen molar-refractivity contribution in [1.82, 2.24) is 19.9 Å². The number of anilines is 1. The lowest BCUT2D eigenvalue weighted by Gasteiger charge is -2.40. The van der Waals surface area contributed by atoms with E-state index in [0.29, 0.717) is 36.8 Å². The topological polar surface area (TPSA) is 110 Å². The third-order valence-corrected chi connectivity index (χ3v) is 8.91. The molecule has 3 aromatic rings. The van der Waals surface area contributed by atoms with Crippen LogP contribution < -0.4 is 5.32 Å². The molecule has 2 saturated carbocycles. The van der Waals surface area contributed by atoms with Gasteiger partial charge in [0.25, 0.3) is 0 Å². The number of nitrogens with zero attached hydrogens (tertiary/aromatic N) is 4. The van der Waals surface area contributed by atoms with Crippen LogP contribution in [-0.2, 0) is 20.9 Å². The molecule has 12 heteroatoms. The minimum atomic E-state index is -2.74. The molecular formula is C27H31F2N5O4S. The number of ether oxygens (including phenoxy) is 2. The summed E-state index contributed by atoms with van der Waals surface area (Å²) in [7, 11) is 0. The highest BCUT2D eigenvalue weighted by Crippen LogP contribution is 2.36. The second-order valence-corrected chi connectivity index (χ2v) is 11.6. The van der Waals surface area contributed by atoms with E-state index in [1.807, 2.05) is 18.2 Å². The van der Waals surface area contributed by atoms with Crippen LogP contribution in [0.3, 0.4) is 0 Å². The van der Waals surface area contributed by atoms with Gasteiger partial charge in [0.2, 0.25) is 5.91 Å². The van der Waals surface area contributed by atoms with Crippen LogP contribution in [0.25, 0.3) is 21.3 Å². The highest BCUT2D eigenvalue weighted by atomic mass is 32.1. The fraction of sp³-hybridized carbons (Fsp3) is 0.556. The number of aliphatic hydroxyl groups is 1. The van der Waals surface area contributed by atoms with Crippen molar-refractivity contribution < 1.29 is 28.2 Å². The molecule has 2 N–H and O–H groups in total. The maximum absolute atomic E-state index is 12.8. The van der Waals surface area contributed by atoms with Gasteiger partial charge >= 0.3 is 6.61 Å². The molecule has 0 spiro atoms. The van der Waals surface area contributed by atoms with Crippen molar-refractivity contribution >= 4 is 32.6 Å². The summed E-state index contributed by atoms with van der Waals surface area (Å²) in [5.74, 6) is 0.414. The van der Waals surface area contributed by atoms with E-state index >= 15 is 0 Å². The van der Waals surface area contributed by atoms with Crippen LogP contribution in [0.1, 0.15) is 44.3 Å². The van der Waals surface area contributed by atoms with E-state index in [1.165, 1.54) is 11.3 Å². The maximum atomic E-state index is 12.8. The second-order valence-electron chi connectivity index (χ2n) is 10.6. The van der Waals surface area contributed by atoms with Gasteiger partial charge in [-0.2, -0.15) is 8.78 Å². The third kappa shape index (κ3) is 6.09. The van der Waals surface area contributed by atoms with Gasteiger partial charge in [-0.15, -0.1) is 0 Å². The molecule has 0 bridgehead atoms. The monoisotopic (exact) mass is 559 g/mol. The number of fused-ring (bicyclic) bond motifs is 1. The number of carbonyl (C=O) groups is 1. The number of aliphatic hydroxyl groups excluding tert-OH is 1. The minimum Gasteiger partial charge on any atom is -0.390 e. The highest BCUT2D eigenvalue weighted by molar-refractivity contribution is 7.22. The molecule has 0 radical (unpaired) electrons. The van der Waals surface area contributed by atoms with Crippen molar-refractivity contribution in [3.8, 4) is 11.1 Å². The van der Waals surface area contributed by atoms with Crippen molar-refractivity contribution in [3.63, 3.8) is 0 Å². The van der Waals surface area contributed by atoms with Crippen LogP contribution in [0.15, 0.2) is 30.6 Å². The number of likely N-dealkylation sites (tertiary alicyclic amines) is 1. The summed E-state index contributed by atoms with van der Waals surface area (Å²) < 4.78 is 36.2. The fourth-order valence-corrected chi connectivity index (χ4v) is 6.58. The van der Waals surface area contributed by atoms with Gasteiger partial charge in [0, 0.05) is 43.0 Å². The second kappa shape index (κ2) is 11.5. The first-order chi connectivity index (χ1) is 18.9. The van der Waals surface area contributed by atoms with Gasteiger partial charge in [-0.1, -0.05) is 17.4 Å². The number of thiazole rings is 1. The number of hydrogen-bond donors (Lipinski definition) is 2. The zero-order valence-electron chi connectivity index (χ0n) is 21.3.